The van der Waals surface area contributed by atoms with Gasteiger partial charge in [-0.3, -0.25) is 9.59 Å². The Bertz CT molecular complexity index is 1070. The number of fused-ring (bicyclic) bond motifs is 1. The number of carbonyl (C=O) groups is 2. The van der Waals surface area contributed by atoms with Gasteiger partial charge in [0, 0.05) is 28.2 Å². The molecule has 1 amide bonds. The third-order valence-corrected chi connectivity index (χ3v) is 5.93. The Morgan fingerprint density at radius 1 is 1.24 bits per heavy atom. The monoisotopic (exact) mass is 426 g/mol. The molecule has 29 heavy (non-hydrogen) atoms. The third kappa shape index (κ3) is 4.33. The van der Waals surface area contributed by atoms with Crippen molar-refractivity contribution in [1.29, 1.82) is 0 Å². The number of thiazole rings is 1. The summed E-state index contributed by atoms with van der Waals surface area (Å²) in [7, 11) is 0. The van der Waals surface area contributed by atoms with Crippen molar-refractivity contribution in [3.63, 3.8) is 0 Å². The number of halogens is 1. The molecule has 0 saturated heterocycles. The van der Waals surface area contributed by atoms with E-state index in [0.29, 0.717) is 17.3 Å². The molecule has 5 nitrogen and oxygen atoms in total. The highest BCUT2D eigenvalue weighted by atomic mass is 35.5. The first-order valence-corrected chi connectivity index (χ1v) is 10.6. The molecule has 1 atom stereocenters. The molecule has 7 heteroatoms. The first-order chi connectivity index (χ1) is 14.0. The molecular weight excluding hydrogens is 408 g/mol. The number of benzene rings is 2. The quantitative estimate of drug-likeness (QED) is 0.562. The van der Waals surface area contributed by atoms with Gasteiger partial charge in [-0.2, -0.15) is 0 Å². The van der Waals surface area contributed by atoms with E-state index in [9.17, 15) is 9.59 Å². The minimum absolute atomic E-state index is 0.0191. The number of hydrogen-bond donors (Lipinski definition) is 0. The van der Waals surface area contributed by atoms with Gasteiger partial charge in [0.1, 0.15) is 5.01 Å². The molecule has 4 rings (SSSR count). The topological polar surface area (TPSA) is 59.5 Å². The number of nitrogens with zero attached hydrogens (tertiary/aromatic N) is 2. The number of para-hydroxylation sites is 1. The predicted octanol–water partition coefficient (Wildman–Crippen LogP) is 4.53. The molecule has 1 aliphatic heterocycles. The SMILES string of the molecule is CC(OC(=O)Cc1csc(-c2cccc(Cl)c2)n1)C(=O)N1CCc2ccccc21. The zero-order valence-corrected chi connectivity index (χ0v) is 17.4. The highest BCUT2D eigenvalue weighted by Crippen LogP contribution is 2.29. The van der Waals surface area contributed by atoms with Crippen LogP contribution in [0.2, 0.25) is 5.02 Å². The fourth-order valence-corrected chi connectivity index (χ4v) is 4.37. The fraction of sp³-hybridized carbons (Fsp3) is 0.227. The van der Waals surface area contributed by atoms with E-state index < -0.39 is 12.1 Å². The second kappa shape index (κ2) is 8.35. The van der Waals surface area contributed by atoms with Crippen LogP contribution in [0.3, 0.4) is 0 Å². The highest BCUT2D eigenvalue weighted by molar-refractivity contribution is 7.13. The van der Waals surface area contributed by atoms with Crippen molar-refractivity contribution in [2.45, 2.75) is 25.9 Å². The van der Waals surface area contributed by atoms with Gasteiger partial charge >= 0.3 is 5.97 Å². The lowest BCUT2D eigenvalue weighted by atomic mass is 10.2. The van der Waals surface area contributed by atoms with Crippen LogP contribution in [0.15, 0.2) is 53.9 Å². The van der Waals surface area contributed by atoms with Gasteiger partial charge in [0.05, 0.1) is 12.1 Å². The Kier molecular flexibility index (Phi) is 5.65. The summed E-state index contributed by atoms with van der Waals surface area (Å²) in [6, 6.07) is 15.2. The molecule has 0 fully saturated rings. The molecule has 0 saturated carbocycles. The fourth-order valence-electron chi connectivity index (χ4n) is 3.37. The van der Waals surface area contributed by atoms with Gasteiger partial charge in [0.15, 0.2) is 6.10 Å². The van der Waals surface area contributed by atoms with Gasteiger partial charge in [0.25, 0.3) is 5.91 Å². The van der Waals surface area contributed by atoms with Crippen LogP contribution in [0.1, 0.15) is 18.2 Å². The van der Waals surface area contributed by atoms with Crippen LogP contribution in [-0.4, -0.2) is 29.5 Å². The molecule has 1 aliphatic rings. The van der Waals surface area contributed by atoms with E-state index in [0.717, 1.165) is 28.2 Å². The Labute approximate surface area is 177 Å². The molecule has 0 spiro atoms. The van der Waals surface area contributed by atoms with Crippen molar-refractivity contribution in [2.75, 3.05) is 11.4 Å². The maximum atomic E-state index is 12.7. The van der Waals surface area contributed by atoms with E-state index in [-0.39, 0.29) is 12.3 Å². The number of rotatable bonds is 5. The van der Waals surface area contributed by atoms with Crippen LogP contribution in [0.4, 0.5) is 5.69 Å². The summed E-state index contributed by atoms with van der Waals surface area (Å²) in [5.74, 6) is -0.678. The number of amides is 1. The van der Waals surface area contributed by atoms with Gasteiger partial charge in [-0.25, -0.2) is 4.98 Å². The number of aromatic nitrogens is 1. The predicted molar refractivity (Wildman–Crippen MR) is 114 cm³/mol. The number of hydrogen-bond acceptors (Lipinski definition) is 5. The van der Waals surface area contributed by atoms with Crippen molar-refractivity contribution in [3.8, 4) is 10.6 Å². The third-order valence-electron chi connectivity index (χ3n) is 4.76. The Morgan fingerprint density at radius 3 is 2.90 bits per heavy atom. The van der Waals surface area contributed by atoms with E-state index >= 15 is 0 Å². The Hall–Kier alpha value is -2.70. The maximum absolute atomic E-state index is 12.7. The summed E-state index contributed by atoms with van der Waals surface area (Å²) in [6.45, 7) is 2.22. The van der Waals surface area contributed by atoms with Crippen LogP contribution in [0.25, 0.3) is 10.6 Å². The smallest absolute Gasteiger partial charge is 0.312 e. The molecule has 3 aromatic rings. The van der Waals surface area contributed by atoms with Gasteiger partial charge in [-0.1, -0.05) is 41.9 Å². The zero-order valence-electron chi connectivity index (χ0n) is 15.8. The van der Waals surface area contributed by atoms with Gasteiger partial charge < -0.3 is 9.64 Å². The van der Waals surface area contributed by atoms with E-state index in [1.165, 1.54) is 11.3 Å². The number of ether oxygens (including phenoxy) is 1. The minimum atomic E-state index is -0.848. The standard InChI is InChI=1S/C22H19ClN2O3S/c1-14(22(27)25-10-9-15-5-2-3-8-19(15)25)28-20(26)12-18-13-29-21(24-18)16-6-4-7-17(23)11-16/h2-8,11,13-14H,9-10,12H2,1H3. The summed E-state index contributed by atoms with van der Waals surface area (Å²) in [5.41, 5.74) is 3.54. The minimum Gasteiger partial charge on any atom is -0.452 e. The Morgan fingerprint density at radius 2 is 2.07 bits per heavy atom. The normalized spacial score (nSPS) is 13.8. The first-order valence-electron chi connectivity index (χ1n) is 9.30. The van der Waals surface area contributed by atoms with Crippen molar-refractivity contribution >= 4 is 40.5 Å². The summed E-state index contributed by atoms with van der Waals surface area (Å²) in [5, 5.41) is 3.24. The first kappa shape index (κ1) is 19.6. The average Bonchev–Trinajstić information content (AvgIpc) is 3.34. The Balaban J connectivity index is 1.37. The second-order valence-electron chi connectivity index (χ2n) is 6.83. The van der Waals surface area contributed by atoms with Gasteiger partial charge in [0.2, 0.25) is 0 Å². The summed E-state index contributed by atoms with van der Waals surface area (Å²) < 4.78 is 5.39. The average molecular weight is 427 g/mol. The molecule has 148 valence electrons. The maximum Gasteiger partial charge on any atom is 0.312 e. The van der Waals surface area contributed by atoms with E-state index in [1.54, 1.807) is 17.9 Å². The molecule has 1 aromatic heterocycles. The van der Waals surface area contributed by atoms with Crippen LogP contribution in [0, 0.1) is 0 Å². The molecule has 2 heterocycles. The van der Waals surface area contributed by atoms with Crippen molar-refractivity contribution in [3.05, 3.63) is 70.2 Å². The van der Waals surface area contributed by atoms with Crippen LogP contribution >= 0.6 is 22.9 Å². The molecule has 0 N–H and O–H groups in total. The van der Waals surface area contributed by atoms with Crippen LogP contribution < -0.4 is 4.90 Å². The van der Waals surface area contributed by atoms with E-state index in [1.807, 2.05) is 47.8 Å². The second-order valence-corrected chi connectivity index (χ2v) is 8.13. The molecule has 2 aromatic carbocycles. The molecule has 0 bridgehead atoms. The number of esters is 1. The molecule has 1 unspecified atom stereocenters. The van der Waals surface area contributed by atoms with Crippen molar-refractivity contribution in [1.82, 2.24) is 4.98 Å². The van der Waals surface area contributed by atoms with E-state index in [2.05, 4.69) is 4.98 Å². The number of anilines is 1. The lowest BCUT2D eigenvalue weighted by molar-refractivity contribution is -0.153. The largest absolute Gasteiger partial charge is 0.452 e. The van der Waals surface area contributed by atoms with Crippen molar-refractivity contribution < 1.29 is 14.3 Å². The lowest BCUT2D eigenvalue weighted by Crippen LogP contribution is -2.39. The molecule has 0 radical (unpaired) electrons. The van der Waals surface area contributed by atoms with Crippen molar-refractivity contribution in [2.24, 2.45) is 0 Å². The summed E-state index contributed by atoms with van der Waals surface area (Å²) in [4.78, 5) is 31.3. The van der Waals surface area contributed by atoms with Crippen LogP contribution in [0.5, 0.6) is 0 Å². The van der Waals surface area contributed by atoms with E-state index in [4.69, 9.17) is 16.3 Å². The summed E-state index contributed by atoms with van der Waals surface area (Å²) >= 11 is 7.46. The van der Waals surface area contributed by atoms with Gasteiger partial charge in [-0.15, -0.1) is 11.3 Å². The summed E-state index contributed by atoms with van der Waals surface area (Å²) in [6.07, 6.45) is -0.0152. The number of carbonyl (C=O) groups excluding carboxylic acids is 2. The highest BCUT2D eigenvalue weighted by Gasteiger charge is 2.29. The zero-order chi connectivity index (χ0) is 20.4. The lowest BCUT2D eigenvalue weighted by Gasteiger charge is -2.21. The molecule has 0 aliphatic carbocycles. The van der Waals surface area contributed by atoms with Crippen LogP contribution in [-0.2, 0) is 27.2 Å². The van der Waals surface area contributed by atoms with Gasteiger partial charge in [-0.05, 0) is 37.1 Å². The molecular formula is C22H19ClN2O3S.